The van der Waals surface area contributed by atoms with Crippen LogP contribution in [0.5, 0.6) is 0 Å². The van der Waals surface area contributed by atoms with E-state index in [4.69, 9.17) is 4.74 Å². The highest BCUT2D eigenvalue weighted by molar-refractivity contribution is 5.89. The predicted octanol–water partition coefficient (Wildman–Crippen LogP) is 12.2. The van der Waals surface area contributed by atoms with E-state index in [1.54, 1.807) is 0 Å². The number of hydrogen-bond acceptors (Lipinski definition) is 2. The van der Waals surface area contributed by atoms with Gasteiger partial charge in [-0.15, -0.1) is 0 Å². The van der Waals surface area contributed by atoms with Crippen molar-refractivity contribution in [2.45, 2.75) is 181 Å². The third-order valence-electron chi connectivity index (χ3n) is 7.96. The Morgan fingerprint density at radius 1 is 0.526 bits per heavy atom. The van der Waals surface area contributed by atoms with Gasteiger partial charge in [0.05, 0.1) is 12.2 Å². The Labute approximate surface area is 238 Å². The van der Waals surface area contributed by atoms with Crippen molar-refractivity contribution in [2.75, 3.05) is 6.61 Å². The highest BCUT2D eigenvalue weighted by Gasteiger charge is 2.07. The summed E-state index contributed by atoms with van der Waals surface area (Å²) in [4.78, 5) is 12.5. The first-order chi connectivity index (χ1) is 18.8. The molecule has 2 nitrogen and oxygen atoms in total. The maximum atomic E-state index is 12.5. The maximum Gasteiger partial charge on any atom is 0.338 e. The first kappa shape index (κ1) is 34.7. The standard InChI is InChI=1S/C36H64O2/c1-3-5-7-9-11-13-15-16-17-18-19-21-23-25-27-32-38-36(37)35-31-28-30-34(33-35)29-26-24-22-20-14-12-10-8-6-4-2/h28,30-31,33H,3-27,29,32H2,1-2H3. The Morgan fingerprint density at radius 2 is 0.921 bits per heavy atom. The first-order valence-corrected chi connectivity index (χ1v) is 17.0. The first-order valence-electron chi connectivity index (χ1n) is 17.0. The molecule has 0 aliphatic carbocycles. The summed E-state index contributed by atoms with van der Waals surface area (Å²) in [6.07, 6.45) is 34.9. The molecule has 0 radical (unpaired) electrons. The van der Waals surface area contributed by atoms with Crippen LogP contribution in [0, 0.1) is 0 Å². The molecule has 0 N–H and O–H groups in total. The lowest BCUT2D eigenvalue weighted by Gasteiger charge is -2.07. The number of carbonyl (C=O) groups excluding carboxylic acids is 1. The van der Waals surface area contributed by atoms with Gasteiger partial charge < -0.3 is 4.74 Å². The lowest BCUT2D eigenvalue weighted by atomic mass is 10.0. The van der Waals surface area contributed by atoms with Crippen LogP contribution in [0.4, 0.5) is 0 Å². The lowest BCUT2D eigenvalue weighted by molar-refractivity contribution is 0.0497. The van der Waals surface area contributed by atoms with E-state index in [2.05, 4.69) is 19.9 Å². The minimum Gasteiger partial charge on any atom is -0.462 e. The van der Waals surface area contributed by atoms with Crippen LogP contribution in [-0.2, 0) is 11.2 Å². The predicted molar refractivity (Wildman–Crippen MR) is 167 cm³/mol. The van der Waals surface area contributed by atoms with Crippen LogP contribution in [-0.4, -0.2) is 12.6 Å². The number of esters is 1. The van der Waals surface area contributed by atoms with Gasteiger partial charge >= 0.3 is 5.97 Å². The number of aryl methyl sites for hydroxylation is 1. The Bertz CT molecular complexity index is 638. The highest BCUT2D eigenvalue weighted by atomic mass is 16.5. The minimum atomic E-state index is -0.153. The molecule has 1 aromatic rings. The van der Waals surface area contributed by atoms with Crippen LogP contribution >= 0.6 is 0 Å². The van der Waals surface area contributed by atoms with Gasteiger partial charge in [0, 0.05) is 0 Å². The van der Waals surface area contributed by atoms with Gasteiger partial charge in [0.25, 0.3) is 0 Å². The van der Waals surface area contributed by atoms with Gasteiger partial charge in [-0.05, 0) is 37.0 Å². The third kappa shape index (κ3) is 21.6. The topological polar surface area (TPSA) is 26.3 Å². The fourth-order valence-corrected chi connectivity index (χ4v) is 5.39. The van der Waals surface area contributed by atoms with Gasteiger partial charge in [-0.25, -0.2) is 4.79 Å². The third-order valence-corrected chi connectivity index (χ3v) is 7.96. The van der Waals surface area contributed by atoms with Crippen LogP contribution in [0.15, 0.2) is 24.3 Å². The largest absolute Gasteiger partial charge is 0.462 e. The monoisotopic (exact) mass is 528 g/mol. The van der Waals surface area contributed by atoms with Crippen LogP contribution in [0.25, 0.3) is 0 Å². The van der Waals surface area contributed by atoms with Crippen molar-refractivity contribution in [3.05, 3.63) is 35.4 Å². The molecule has 0 saturated carbocycles. The number of hydrogen-bond donors (Lipinski definition) is 0. The Hall–Kier alpha value is -1.31. The Balaban J connectivity index is 1.95. The molecule has 0 atom stereocenters. The van der Waals surface area contributed by atoms with Crippen LogP contribution < -0.4 is 0 Å². The molecule has 2 heteroatoms. The second kappa shape index (κ2) is 27.3. The van der Waals surface area contributed by atoms with E-state index < -0.39 is 0 Å². The Kier molecular flexibility index (Phi) is 24.9. The van der Waals surface area contributed by atoms with Crippen molar-refractivity contribution in [2.24, 2.45) is 0 Å². The lowest BCUT2D eigenvalue weighted by Crippen LogP contribution is -2.07. The number of rotatable bonds is 28. The average molecular weight is 529 g/mol. The molecule has 0 bridgehead atoms. The molecular formula is C36H64O2. The van der Waals surface area contributed by atoms with E-state index >= 15 is 0 Å². The molecule has 0 aliphatic heterocycles. The summed E-state index contributed by atoms with van der Waals surface area (Å²) < 4.78 is 5.56. The zero-order chi connectivity index (χ0) is 27.4. The smallest absolute Gasteiger partial charge is 0.338 e. The molecule has 0 amide bonds. The molecule has 1 aromatic carbocycles. The number of carbonyl (C=O) groups is 1. The van der Waals surface area contributed by atoms with Crippen LogP contribution in [0.2, 0.25) is 0 Å². The van der Waals surface area contributed by atoms with E-state index in [0.717, 1.165) is 18.4 Å². The number of ether oxygens (including phenoxy) is 1. The van der Waals surface area contributed by atoms with Crippen molar-refractivity contribution in [1.29, 1.82) is 0 Å². The van der Waals surface area contributed by atoms with Crippen molar-refractivity contribution in [3.8, 4) is 0 Å². The van der Waals surface area contributed by atoms with E-state index in [1.165, 1.54) is 160 Å². The van der Waals surface area contributed by atoms with Gasteiger partial charge in [-0.1, -0.05) is 174 Å². The normalized spacial score (nSPS) is 11.2. The SMILES string of the molecule is CCCCCCCCCCCCCCCCCOC(=O)c1cccc(CCCCCCCCCCCC)c1. The fourth-order valence-electron chi connectivity index (χ4n) is 5.39. The average Bonchev–Trinajstić information content (AvgIpc) is 2.94. The van der Waals surface area contributed by atoms with Gasteiger partial charge in [0.1, 0.15) is 0 Å². The summed E-state index contributed by atoms with van der Waals surface area (Å²) in [7, 11) is 0. The van der Waals surface area contributed by atoms with Gasteiger partial charge in [0.15, 0.2) is 0 Å². The van der Waals surface area contributed by atoms with Crippen molar-refractivity contribution in [3.63, 3.8) is 0 Å². The molecule has 0 unspecified atom stereocenters. The minimum absolute atomic E-state index is 0.153. The van der Waals surface area contributed by atoms with Crippen molar-refractivity contribution < 1.29 is 9.53 Å². The van der Waals surface area contributed by atoms with E-state index in [9.17, 15) is 4.79 Å². The van der Waals surface area contributed by atoms with Crippen molar-refractivity contribution >= 4 is 5.97 Å². The Morgan fingerprint density at radius 3 is 1.37 bits per heavy atom. The highest BCUT2D eigenvalue weighted by Crippen LogP contribution is 2.15. The van der Waals surface area contributed by atoms with Crippen LogP contribution in [0.1, 0.15) is 190 Å². The second-order valence-electron chi connectivity index (χ2n) is 11.7. The zero-order valence-corrected chi connectivity index (χ0v) is 25.7. The van der Waals surface area contributed by atoms with Gasteiger partial charge in [-0.2, -0.15) is 0 Å². The van der Waals surface area contributed by atoms with Gasteiger partial charge in [0.2, 0.25) is 0 Å². The van der Waals surface area contributed by atoms with Crippen LogP contribution in [0.3, 0.4) is 0 Å². The molecule has 220 valence electrons. The molecule has 0 spiro atoms. The molecule has 0 aliphatic rings. The molecule has 0 aromatic heterocycles. The summed E-state index contributed by atoms with van der Waals surface area (Å²) in [5.41, 5.74) is 1.99. The molecular weight excluding hydrogens is 464 g/mol. The quantitative estimate of drug-likeness (QED) is 0.0798. The summed E-state index contributed by atoms with van der Waals surface area (Å²) in [6, 6.07) is 8.11. The fraction of sp³-hybridized carbons (Fsp3) is 0.806. The molecule has 1 rings (SSSR count). The molecule has 0 saturated heterocycles. The molecule has 0 heterocycles. The summed E-state index contributed by atoms with van der Waals surface area (Å²) >= 11 is 0. The maximum absolute atomic E-state index is 12.5. The number of unbranched alkanes of at least 4 members (excludes halogenated alkanes) is 23. The molecule has 0 fully saturated rings. The zero-order valence-electron chi connectivity index (χ0n) is 25.7. The van der Waals surface area contributed by atoms with E-state index in [1.807, 2.05) is 18.2 Å². The molecule has 38 heavy (non-hydrogen) atoms. The van der Waals surface area contributed by atoms with Crippen molar-refractivity contribution in [1.82, 2.24) is 0 Å². The van der Waals surface area contributed by atoms with E-state index in [0.29, 0.717) is 6.61 Å². The summed E-state index contributed by atoms with van der Waals surface area (Å²) in [5, 5.41) is 0. The van der Waals surface area contributed by atoms with Gasteiger partial charge in [-0.3, -0.25) is 0 Å². The summed E-state index contributed by atoms with van der Waals surface area (Å²) in [6.45, 7) is 5.12. The number of benzene rings is 1. The summed E-state index contributed by atoms with van der Waals surface area (Å²) in [5.74, 6) is -0.153. The van der Waals surface area contributed by atoms with E-state index in [-0.39, 0.29) is 5.97 Å². The second-order valence-corrected chi connectivity index (χ2v) is 11.7.